The van der Waals surface area contributed by atoms with E-state index in [1.807, 2.05) is 26.0 Å². The highest BCUT2D eigenvalue weighted by molar-refractivity contribution is 6.01. The van der Waals surface area contributed by atoms with Gasteiger partial charge in [0.15, 0.2) is 0 Å². The van der Waals surface area contributed by atoms with Gasteiger partial charge in [0.2, 0.25) is 0 Å². The number of carbonyl (C=O) groups is 1. The summed E-state index contributed by atoms with van der Waals surface area (Å²) in [6, 6.07) is 11.5. The van der Waals surface area contributed by atoms with Gasteiger partial charge in [-0.2, -0.15) is 0 Å². The summed E-state index contributed by atoms with van der Waals surface area (Å²) in [6.07, 6.45) is 0. The Morgan fingerprint density at radius 2 is 1.77 bits per heavy atom. The molecular weight excluding hydrogens is 274 g/mol. The molecule has 4 nitrogen and oxygen atoms in total. The molecule has 0 saturated heterocycles. The van der Waals surface area contributed by atoms with Crippen molar-refractivity contribution in [3.63, 3.8) is 0 Å². The van der Waals surface area contributed by atoms with Gasteiger partial charge in [-0.15, -0.1) is 0 Å². The third-order valence-electron chi connectivity index (χ3n) is 3.49. The first kappa shape index (κ1) is 15.9. The van der Waals surface area contributed by atoms with Gasteiger partial charge >= 0.3 is 0 Å². The van der Waals surface area contributed by atoms with Gasteiger partial charge in [0.05, 0.1) is 11.3 Å². The number of nitrogens with one attached hydrogen (secondary N) is 2. The second-order valence-electron chi connectivity index (χ2n) is 5.86. The van der Waals surface area contributed by atoms with E-state index in [2.05, 4.69) is 36.6 Å². The van der Waals surface area contributed by atoms with Gasteiger partial charge in [0, 0.05) is 17.4 Å². The first-order valence-corrected chi connectivity index (χ1v) is 7.41. The maximum absolute atomic E-state index is 12.3. The standard InChI is InChI=1S/C18H23N3O/c1-11(2)20-18(22)16-10-14(19)6-8-17(16)21-15-7-5-12(3)13(4)9-15/h5-11,21H,19H2,1-4H3,(H,20,22). The number of rotatable bonds is 4. The topological polar surface area (TPSA) is 67.1 Å². The molecular formula is C18H23N3O. The van der Waals surface area contributed by atoms with Crippen molar-refractivity contribution in [2.75, 3.05) is 11.1 Å². The summed E-state index contributed by atoms with van der Waals surface area (Å²) in [6.45, 7) is 8.00. The van der Waals surface area contributed by atoms with Crippen molar-refractivity contribution in [1.29, 1.82) is 0 Å². The normalized spacial score (nSPS) is 10.6. The molecule has 0 saturated carbocycles. The number of nitrogens with two attached hydrogens (primary N) is 1. The zero-order valence-corrected chi connectivity index (χ0v) is 13.5. The number of hydrogen-bond acceptors (Lipinski definition) is 3. The molecule has 2 aromatic carbocycles. The van der Waals surface area contributed by atoms with Crippen LogP contribution in [0.2, 0.25) is 0 Å². The van der Waals surface area contributed by atoms with Crippen LogP contribution in [-0.2, 0) is 0 Å². The molecule has 0 fully saturated rings. The summed E-state index contributed by atoms with van der Waals surface area (Å²) < 4.78 is 0. The van der Waals surface area contributed by atoms with Crippen LogP contribution in [0.4, 0.5) is 17.1 Å². The maximum Gasteiger partial charge on any atom is 0.253 e. The Balaban J connectivity index is 2.34. The van der Waals surface area contributed by atoms with Crippen molar-refractivity contribution in [2.24, 2.45) is 0 Å². The van der Waals surface area contributed by atoms with E-state index in [0.29, 0.717) is 11.3 Å². The minimum Gasteiger partial charge on any atom is -0.399 e. The van der Waals surface area contributed by atoms with Crippen LogP contribution in [0.1, 0.15) is 35.3 Å². The molecule has 0 heterocycles. The fraction of sp³-hybridized carbons (Fsp3) is 0.278. The van der Waals surface area contributed by atoms with Crippen molar-refractivity contribution in [1.82, 2.24) is 5.32 Å². The van der Waals surface area contributed by atoms with Crippen LogP contribution in [0.5, 0.6) is 0 Å². The van der Waals surface area contributed by atoms with E-state index in [0.717, 1.165) is 11.4 Å². The lowest BCUT2D eigenvalue weighted by atomic mass is 10.1. The fourth-order valence-corrected chi connectivity index (χ4v) is 2.17. The molecule has 22 heavy (non-hydrogen) atoms. The van der Waals surface area contributed by atoms with Gasteiger partial charge in [-0.05, 0) is 69.2 Å². The Morgan fingerprint density at radius 3 is 2.41 bits per heavy atom. The zero-order chi connectivity index (χ0) is 16.3. The van der Waals surface area contributed by atoms with Crippen molar-refractivity contribution in [2.45, 2.75) is 33.7 Å². The molecule has 0 radical (unpaired) electrons. The van der Waals surface area contributed by atoms with E-state index in [4.69, 9.17) is 5.73 Å². The largest absolute Gasteiger partial charge is 0.399 e. The molecule has 4 N–H and O–H groups in total. The zero-order valence-electron chi connectivity index (χ0n) is 13.5. The molecule has 4 heteroatoms. The predicted molar refractivity (Wildman–Crippen MR) is 92.7 cm³/mol. The van der Waals surface area contributed by atoms with Crippen LogP contribution in [0.3, 0.4) is 0 Å². The average Bonchev–Trinajstić information content (AvgIpc) is 2.44. The number of anilines is 3. The van der Waals surface area contributed by atoms with Crippen molar-refractivity contribution in [3.05, 3.63) is 53.1 Å². The van der Waals surface area contributed by atoms with Gasteiger partial charge < -0.3 is 16.4 Å². The number of nitrogen functional groups attached to an aromatic ring is 1. The molecule has 0 atom stereocenters. The van der Waals surface area contributed by atoms with Gasteiger partial charge in [0.1, 0.15) is 0 Å². The van der Waals surface area contributed by atoms with Crippen LogP contribution in [0, 0.1) is 13.8 Å². The van der Waals surface area contributed by atoms with Crippen LogP contribution in [0.15, 0.2) is 36.4 Å². The molecule has 0 aliphatic heterocycles. The molecule has 0 aliphatic carbocycles. The molecule has 0 spiro atoms. The fourth-order valence-electron chi connectivity index (χ4n) is 2.17. The van der Waals surface area contributed by atoms with Gasteiger partial charge in [-0.3, -0.25) is 4.79 Å². The lowest BCUT2D eigenvalue weighted by molar-refractivity contribution is 0.0944. The molecule has 0 aromatic heterocycles. The quantitative estimate of drug-likeness (QED) is 0.753. The smallest absolute Gasteiger partial charge is 0.253 e. The van der Waals surface area contributed by atoms with E-state index < -0.39 is 0 Å². The van der Waals surface area contributed by atoms with E-state index in [-0.39, 0.29) is 11.9 Å². The summed E-state index contributed by atoms with van der Waals surface area (Å²) in [7, 11) is 0. The highest BCUT2D eigenvalue weighted by Crippen LogP contribution is 2.24. The van der Waals surface area contributed by atoms with Gasteiger partial charge in [-0.1, -0.05) is 6.07 Å². The maximum atomic E-state index is 12.3. The first-order valence-electron chi connectivity index (χ1n) is 7.41. The Labute approximate surface area is 131 Å². The van der Waals surface area contributed by atoms with Crippen molar-refractivity contribution >= 4 is 23.0 Å². The highest BCUT2D eigenvalue weighted by atomic mass is 16.1. The molecule has 1 amide bonds. The van der Waals surface area contributed by atoms with Crippen molar-refractivity contribution < 1.29 is 4.79 Å². The first-order chi connectivity index (χ1) is 10.4. The van der Waals surface area contributed by atoms with Crippen molar-refractivity contribution in [3.8, 4) is 0 Å². The number of hydrogen-bond donors (Lipinski definition) is 3. The number of aryl methyl sites for hydroxylation is 2. The minimum atomic E-state index is -0.131. The van der Waals surface area contributed by atoms with Gasteiger partial charge in [-0.25, -0.2) is 0 Å². The SMILES string of the molecule is Cc1ccc(Nc2ccc(N)cc2C(=O)NC(C)C)cc1C. The summed E-state index contributed by atoms with van der Waals surface area (Å²) in [5, 5.41) is 6.20. The van der Waals surface area contributed by atoms with Crippen LogP contribution in [-0.4, -0.2) is 11.9 Å². The summed E-state index contributed by atoms with van der Waals surface area (Å²) in [4.78, 5) is 12.3. The third-order valence-corrected chi connectivity index (χ3v) is 3.49. The molecule has 2 aromatic rings. The lowest BCUT2D eigenvalue weighted by Gasteiger charge is -2.15. The Morgan fingerprint density at radius 1 is 1.05 bits per heavy atom. The van der Waals surface area contributed by atoms with Crippen LogP contribution < -0.4 is 16.4 Å². The monoisotopic (exact) mass is 297 g/mol. The third kappa shape index (κ3) is 3.79. The van der Waals surface area contributed by atoms with E-state index in [1.165, 1.54) is 11.1 Å². The van der Waals surface area contributed by atoms with Crippen LogP contribution in [0.25, 0.3) is 0 Å². The second-order valence-corrected chi connectivity index (χ2v) is 5.86. The average molecular weight is 297 g/mol. The number of carbonyl (C=O) groups excluding carboxylic acids is 1. The van der Waals surface area contributed by atoms with E-state index >= 15 is 0 Å². The van der Waals surface area contributed by atoms with Crippen LogP contribution >= 0.6 is 0 Å². The molecule has 0 aliphatic rings. The summed E-state index contributed by atoms with van der Waals surface area (Å²) >= 11 is 0. The molecule has 0 unspecified atom stereocenters. The Hall–Kier alpha value is -2.49. The van der Waals surface area contributed by atoms with E-state index in [1.54, 1.807) is 12.1 Å². The lowest BCUT2D eigenvalue weighted by Crippen LogP contribution is -2.30. The van der Waals surface area contributed by atoms with Gasteiger partial charge in [0.25, 0.3) is 5.91 Å². The predicted octanol–water partition coefficient (Wildman–Crippen LogP) is 3.77. The number of benzene rings is 2. The Kier molecular flexibility index (Phi) is 4.71. The molecule has 116 valence electrons. The second kappa shape index (κ2) is 6.52. The summed E-state index contributed by atoms with van der Waals surface area (Å²) in [5.41, 5.74) is 11.1. The summed E-state index contributed by atoms with van der Waals surface area (Å²) in [5.74, 6) is -0.131. The molecule has 0 bridgehead atoms. The molecule has 2 rings (SSSR count). The van der Waals surface area contributed by atoms with E-state index in [9.17, 15) is 4.79 Å². The highest BCUT2D eigenvalue weighted by Gasteiger charge is 2.13. The number of amides is 1. The minimum absolute atomic E-state index is 0.0726. The Bertz CT molecular complexity index is 693.